The second kappa shape index (κ2) is 9.12. The molecule has 3 nitrogen and oxygen atoms in total. The first-order valence-corrected chi connectivity index (χ1v) is 12.1. The van der Waals surface area contributed by atoms with Crippen LogP contribution in [0.15, 0.2) is 54.6 Å². The number of likely N-dealkylation sites (tertiary alicyclic amines) is 1. The minimum atomic E-state index is -1.13. The highest BCUT2D eigenvalue weighted by atomic mass is 35.5. The van der Waals surface area contributed by atoms with Crippen LogP contribution in [0.2, 0.25) is 15.1 Å². The van der Waals surface area contributed by atoms with Crippen molar-refractivity contribution in [2.75, 3.05) is 24.5 Å². The Morgan fingerprint density at radius 1 is 0.941 bits per heavy atom. The topological polar surface area (TPSA) is 23.6 Å². The molecule has 5 rings (SSSR count). The Morgan fingerprint density at radius 3 is 2.38 bits per heavy atom. The van der Waals surface area contributed by atoms with E-state index in [9.17, 15) is 13.6 Å². The number of amides is 1. The van der Waals surface area contributed by atoms with Crippen molar-refractivity contribution in [3.8, 4) is 0 Å². The van der Waals surface area contributed by atoms with E-state index >= 15 is 0 Å². The Labute approximate surface area is 211 Å². The standard InChI is InChI=1S/C26H21Cl3F2N2O/c27-17-6-7-23-20(12-17)26(15-33(23)25(34)19-2-1-3-22(30)24(19)31)8-10-32(11-9-26)14-16-4-5-18(28)13-21(16)29/h1-7,12-13H,8-11,14-15H2. The van der Waals surface area contributed by atoms with Gasteiger partial charge in [0.2, 0.25) is 0 Å². The molecule has 0 N–H and O–H groups in total. The molecule has 0 aliphatic carbocycles. The zero-order chi connectivity index (χ0) is 24.0. The van der Waals surface area contributed by atoms with Crippen molar-refractivity contribution < 1.29 is 13.6 Å². The summed E-state index contributed by atoms with van der Waals surface area (Å²) >= 11 is 18.7. The van der Waals surface area contributed by atoms with E-state index in [2.05, 4.69) is 4.90 Å². The average Bonchev–Trinajstić information content (AvgIpc) is 3.12. The number of nitrogens with zero attached hydrogens (tertiary/aromatic N) is 2. The first-order chi connectivity index (χ1) is 16.3. The maximum Gasteiger partial charge on any atom is 0.261 e. The SMILES string of the molecule is O=C(c1cccc(F)c1F)N1CC2(CCN(Cc3ccc(Cl)cc3Cl)CC2)c2cc(Cl)ccc21. The number of carbonyl (C=O) groups excluding carboxylic acids is 1. The van der Waals surface area contributed by atoms with Crippen molar-refractivity contribution in [3.63, 3.8) is 0 Å². The van der Waals surface area contributed by atoms with Crippen LogP contribution in [0, 0.1) is 11.6 Å². The molecule has 0 bridgehead atoms. The van der Waals surface area contributed by atoms with Crippen molar-refractivity contribution in [3.05, 3.63) is 98.0 Å². The maximum absolute atomic E-state index is 14.4. The van der Waals surface area contributed by atoms with Gasteiger partial charge in [-0.2, -0.15) is 0 Å². The Kier molecular flexibility index (Phi) is 6.32. The zero-order valence-electron chi connectivity index (χ0n) is 18.1. The summed E-state index contributed by atoms with van der Waals surface area (Å²) < 4.78 is 28.2. The van der Waals surface area contributed by atoms with Crippen LogP contribution in [-0.4, -0.2) is 30.4 Å². The predicted octanol–water partition coefficient (Wildman–Crippen LogP) is 7.12. The molecule has 1 fully saturated rings. The van der Waals surface area contributed by atoms with E-state index < -0.39 is 17.5 Å². The van der Waals surface area contributed by atoms with Crippen LogP contribution in [0.3, 0.4) is 0 Å². The van der Waals surface area contributed by atoms with Gasteiger partial charge in [0.1, 0.15) is 0 Å². The molecular formula is C26H21Cl3F2N2O. The van der Waals surface area contributed by atoms with Gasteiger partial charge in [0.05, 0.1) is 5.56 Å². The molecule has 0 saturated carbocycles. The Morgan fingerprint density at radius 2 is 1.65 bits per heavy atom. The number of halogens is 5. The van der Waals surface area contributed by atoms with Gasteiger partial charge in [-0.1, -0.05) is 46.9 Å². The lowest BCUT2D eigenvalue weighted by molar-refractivity contribution is 0.0970. The normalized spacial score (nSPS) is 17.3. The van der Waals surface area contributed by atoms with Crippen LogP contribution in [0.4, 0.5) is 14.5 Å². The van der Waals surface area contributed by atoms with Gasteiger partial charge in [-0.05, 0) is 79.5 Å². The fourth-order valence-electron chi connectivity index (χ4n) is 5.09. The predicted molar refractivity (Wildman–Crippen MR) is 132 cm³/mol. The van der Waals surface area contributed by atoms with Crippen molar-refractivity contribution in [2.24, 2.45) is 0 Å². The molecular weight excluding hydrogens is 501 g/mol. The molecule has 3 aromatic rings. The van der Waals surface area contributed by atoms with Crippen LogP contribution < -0.4 is 4.90 Å². The minimum absolute atomic E-state index is 0.271. The highest BCUT2D eigenvalue weighted by Crippen LogP contribution is 2.48. The molecule has 1 amide bonds. The van der Waals surface area contributed by atoms with Gasteiger partial charge in [0.25, 0.3) is 5.91 Å². The Hall–Kier alpha value is -2.18. The molecule has 2 aliphatic rings. The van der Waals surface area contributed by atoms with E-state index in [1.165, 1.54) is 12.1 Å². The number of hydrogen-bond acceptors (Lipinski definition) is 2. The number of anilines is 1. The maximum atomic E-state index is 14.4. The molecule has 0 atom stereocenters. The molecule has 0 radical (unpaired) electrons. The number of fused-ring (bicyclic) bond motifs is 2. The lowest BCUT2D eigenvalue weighted by atomic mass is 9.74. The molecule has 8 heteroatoms. The molecule has 1 spiro atoms. The minimum Gasteiger partial charge on any atom is -0.307 e. The number of rotatable bonds is 3. The molecule has 2 aliphatic heterocycles. The lowest BCUT2D eigenvalue weighted by Crippen LogP contribution is -2.46. The van der Waals surface area contributed by atoms with E-state index in [0.717, 1.165) is 43.1 Å². The van der Waals surface area contributed by atoms with E-state index in [1.54, 1.807) is 23.1 Å². The van der Waals surface area contributed by atoms with Gasteiger partial charge >= 0.3 is 0 Å². The summed E-state index contributed by atoms with van der Waals surface area (Å²) in [4.78, 5) is 17.2. The van der Waals surface area contributed by atoms with Crippen LogP contribution in [0.1, 0.15) is 34.3 Å². The van der Waals surface area contributed by atoms with Gasteiger partial charge in [0.15, 0.2) is 11.6 Å². The largest absolute Gasteiger partial charge is 0.307 e. The smallest absolute Gasteiger partial charge is 0.261 e. The molecule has 1 saturated heterocycles. The van der Waals surface area contributed by atoms with E-state index in [4.69, 9.17) is 34.8 Å². The quantitative estimate of drug-likeness (QED) is 0.366. The molecule has 2 heterocycles. The van der Waals surface area contributed by atoms with E-state index in [0.29, 0.717) is 33.8 Å². The summed E-state index contributed by atoms with van der Waals surface area (Å²) in [6.07, 6.45) is 1.59. The summed E-state index contributed by atoms with van der Waals surface area (Å²) in [5.41, 5.74) is 2.12. The second-order valence-electron chi connectivity index (χ2n) is 8.95. The molecule has 0 aromatic heterocycles. The number of carbonyl (C=O) groups is 1. The summed E-state index contributed by atoms with van der Waals surface area (Å²) in [7, 11) is 0. The Bertz CT molecular complexity index is 1270. The third-order valence-electron chi connectivity index (χ3n) is 6.93. The van der Waals surface area contributed by atoms with Crippen LogP contribution in [0.25, 0.3) is 0 Å². The summed E-state index contributed by atoms with van der Waals surface area (Å²) in [6.45, 7) is 2.68. The van der Waals surface area contributed by atoms with Crippen LogP contribution in [-0.2, 0) is 12.0 Å². The third-order valence-corrected chi connectivity index (χ3v) is 7.75. The molecule has 3 aromatic carbocycles. The first-order valence-electron chi connectivity index (χ1n) is 11.0. The Balaban J connectivity index is 1.40. The van der Waals surface area contributed by atoms with Gasteiger partial charge < -0.3 is 4.90 Å². The third kappa shape index (κ3) is 4.20. The highest BCUT2D eigenvalue weighted by Gasteiger charge is 2.47. The first kappa shape index (κ1) is 23.6. The lowest BCUT2D eigenvalue weighted by Gasteiger charge is -2.40. The highest BCUT2D eigenvalue weighted by molar-refractivity contribution is 6.35. The molecule has 0 unspecified atom stereocenters. The summed E-state index contributed by atoms with van der Waals surface area (Å²) in [5.74, 6) is -2.71. The monoisotopic (exact) mass is 520 g/mol. The van der Waals surface area contributed by atoms with Crippen LogP contribution in [0.5, 0.6) is 0 Å². The second-order valence-corrected chi connectivity index (χ2v) is 10.2. The van der Waals surface area contributed by atoms with Gasteiger partial charge in [-0.25, -0.2) is 8.78 Å². The number of benzene rings is 3. The van der Waals surface area contributed by atoms with Gasteiger partial charge in [-0.3, -0.25) is 9.69 Å². The van der Waals surface area contributed by atoms with Gasteiger partial charge in [-0.15, -0.1) is 0 Å². The van der Waals surface area contributed by atoms with Crippen molar-refractivity contribution >= 4 is 46.4 Å². The fourth-order valence-corrected chi connectivity index (χ4v) is 5.73. The van der Waals surface area contributed by atoms with Crippen molar-refractivity contribution in [2.45, 2.75) is 24.8 Å². The van der Waals surface area contributed by atoms with Crippen LogP contribution >= 0.6 is 34.8 Å². The van der Waals surface area contributed by atoms with Crippen molar-refractivity contribution in [1.29, 1.82) is 0 Å². The number of piperidine rings is 1. The summed E-state index contributed by atoms with van der Waals surface area (Å²) in [5, 5.41) is 1.82. The average molecular weight is 522 g/mol. The van der Waals surface area contributed by atoms with E-state index in [-0.39, 0.29) is 11.0 Å². The summed E-state index contributed by atoms with van der Waals surface area (Å²) in [6, 6.07) is 14.6. The molecule has 176 valence electrons. The molecule has 34 heavy (non-hydrogen) atoms. The van der Waals surface area contributed by atoms with E-state index in [1.807, 2.05) is 18.2 Å². The van der Waals surface area contributed by atoms with Crippen molar-refractivity contribution in [1.82, 2.24) is 4.90 Å². The fraction of sp³-hybridized carbons (Fsp3) is 0.269. The van der Waals surface area contributed by atoms with Gasteiger partial charge in [0, 0.05) is 39.3 Å². The number of hydrogen-bond donors (Lipinski definition) is 0. The zero-order valence-corrected chi connectivity index (χ0v) is 20.4.